The van der Waals surface area contributed by atoms with E-state index in [1.165, 1.54) is 0 Å². The molecule has 1 N–H and O–H groups in total. The minimum absolute atomic E-state index is 0.0302. The summed E-state index contributed by atoms with van der Waals surface area (Å²) in [7, 11) is 0. The summed E-state index contributed by atoms with van der Waals surface area (Å²) >= 11 is 5.92. The second-order valence-electron chi connectivity index (χ2n) is 6.15. The standard InChI is InChI=1S/C17H21ClN2O/c1-17(2,3)20-9-7-15(8-10-20)19-16(21)12-13-5-4-6-14(18)11-13/h4-9,11H,10,12H2,1-3H3,(H,19,21). The summed E-state index contributed by atoms with van der Waals surface area (Å²) in [6.07, 6.45) is 6.31. The van der Waals surface area contributed by atoms with Gasteiger partial charge < -0.3 is 10.2 Å². The van der Waals surface area contributed by atoms with E-state index < -0.39 is 0 Å². The summed E-state index contributed by atoms with van der Waals surface area (Å²) in [5.41, 5.74) is 1.85. The normalized spacial score (nSPS) is 14.9. The molecule has 0 fully saturated rings. The molecule has 0 saturated heterocycles. The molecule has 0 aromatic heterocycles. The Bertz CT molecular complexity index is 585. The number of amides is 1. The predicted octanol–water partition coefficient (Wildman–Crippen LogP) is 3.51. The molecular formula is C17H21ClN2O. The molecule has 3 nitrogen and oxygen atoms in total. The van der Waals surface area contributed by atoms with Gasteiger partial charge in [-0.15, -0.1) is 0 Å². The van der Waals surface area contributed by atoms with Crippen LogP contribution in [0.4, 0.5) is 0 Å². The summed E-state index contributed by atoms with van der Waals surface area (Å²) in [6.45, 7) is 7.28. The van der Waals surface area contributed by atoms with Crippen LogP contribution in [0.2, 0.25) is 5.02 Å². The Balaban J connectivity index is 1.90. The summed E-state index contributed by atoms with van der Waals surface area (Å²) in [4.78, 5) is 14.2. The van der Waals surface area contributed by atoms with Gasteiger partial charge in [-0.05, 0) is 50.6 Å². The number of allylic oxidation sites excluding steroid dienone is 1. The van der Waals surface area contributed by atoms with Crippen molar-refractivity contribution in [2.24, 2.45) is 0 Å². The topological polar surface area (TPSA) is 32.3 Å². The molecule has 1 aromatic carbocycles. The first-order valence-electron chi connectivity index (χ1n) is 7.04. The van der Waals surface area contributed by atoms with Gasteiger partial charge in [-0.25, -0.2) is 0 Å². The Morgan fingerprint density at radius 3 is 2.71 bits per heavy atom. The van der Waals surface area contributed by atoms with Gasteiger partial charge in [0.15, 0.2) is 0 Å². The molecule has 0 bridgehead atoms. The molecule has 21 heavy (non-hydrogen) atoms. The molecule has 1 amide bonds. The van der Waals surface area contributed by atoms with Gasteiger partial charge in [0.1, 0.15) is 0 Å². The second-order valence-corrected chi connectivity index (χ2v) is 6.59. The maximum atomic E-state index is 12.0. The molecule has 0 aliphatic carbocycles. The van der Waals surface area contributed by atoms with E-state index in [2.05, 4.69) is 31.0 Å². The van der Waals surface area contributed by atoms with Crippen molar-refractivity contribution in [1.82, 2.24) is 10.2 Å². The van der Waals surface area contributed by atoms with E-state index in [1.54, 1.807) is 6.07 Å². The van der Waals surface area contributed by atoms with Crippen molar-refractivity contribution in [3.63, 3.8) is 0 Å². The quantitative estimate of drug-likeness (QED) is 0.927. The minimum atomic E-state index is -0.0302. The number of nitrogens with one attached hydrogen (secondary N) is 1. The van der Waals surface area contributed by atoms with Crippen molar-refractivity contribution < 1.29 is 4.79 Å². The first-order chi connectivity index (χ1) is 9.84. The summed E-state index contributed by atoms with van der Waals surface area (Å²) in [5.74, 6) is -0.0302. The number of benzene rings is 1. The lowest BCUT2D eigenvalue weighted by Crippen LogP contribution is -2.39. The van der Waals surface area contributed by atoms with Crippen LogP contribution in [0.5, 0.6) is 0 Å². The van der Waals surface area contributed by atoms with Crippen LogP contribution in [-0.4, -0.2) is 22.9 Å². The number of nitrogens with zero attached hydrogens (tertiary/aromatic N) is 1. The van der Waals surface area contributed by atoms with Gasteiger partial charge in [-0.3, -0.25) is 4.79 Å². The molecule has 0 spiro atoms. The highest BCUT2D eigenvalue weighted by atomic mass is 35.5. The Kier molecular flexibility index (Phi) is 4.73. The number of hydrogen-bond donors (Lipinski definition) is 1. The average molecular weight is 305 g/mol. The van der Waals surface area contributed by atoms with E-state index in [1.807, 2.05) is 36.6 Å². The van der Waals surface area contributed by atoms with Crippen LogP contribution in [-0.2, 0) is 11.2 Å². The highest BCUT2D eigenvalue weighted by Gasteiger charge is 2.19. The predicted molar refractivity (Wildman–Crippen MR) is 87.0 cm³/mol. The van der Waals surface area contributed by atoms with Gasteiger partial charge in [0, 0.05) is 29.0 Å². The smallest absolute Gasteiger partial charge is 0.228 e. The van der Waals surface area contributed by atoms with Gasteiger partial charge in [0.2, 0.25) is 5.91 Å². The van der Waals surface area contributed by atoms with Crippen LogP contribution in [0.15, 0.2) is 48.3 Å². The van der Waals surface area contributed by atoms with Crippen LogP contribution in [0, 0.1) is 0 Å². The van der Waals surface area contributed by atoms with Crippen molar-refractivity contribution in [3.8, 4) is 0 Å². The van der Waals surface area contributed by atoms with Gasteiger partial charge in [0.05, 0.1) is 6.42 Å². The van der Waals surface area contributed by atoms with Crippen LogP contribution < -0.4 is 5.32 Å². The van der Waals surface area contributed by atoms with Gasteiger partial charge >= 0.3 is 0 Å². The van der Waals surface area contributed by atoms with E-state index in [-0.39, 0.29) is 11.4 Å². The molecule has 1 heterocycles. The summed E-state index contributed by atoms with van der Waals surface area (Å²) in [5, 5.41) is 3.58. The largest absolute Gasteiger partial charge is 0.369 e. The Labute approximate surface area is 131 Å². The fourth-order valence-electron chi connectivity index (χ4n) is 2.12. The van der Waals surface area contributed by atoms with Crippen LogP contribution in [0.25, 0.3) is 0 Å². The summed E-state index contributed by atoms with van der Waals surface area (Å²) in [6, 6.07) is 7.37. The fourth-order valence-corrected chi connectivity index (χ4v) is 2.34. The molecule has 0 radical (unpaired) electrons. The van der Waals surface area contributed by atoms with Crippen LogP contribution in [0.1, 0.15) is 26.3 Å². The molecule has 1 aliphatic rings. The van der Waals surface area contributed by atoms with Crippen molar-refractivity contribution >= 4 is 17.5 Å². The molecule has 0 unspecified atom stereocenters. The second kappa shape index (κ2) is 6.35. The van der Waals surface area contributed by atoms with E-state index in [0.29, 0.717) is 11.4 Å². The number of hydrogen-bond acceptors (Lipinski definition) is 2. The minimum Gasteiger partial charge on any atom is -0.369 e. The molecule has 0 atom stereocenters. The number of halogens is 1. The third kappa shape index (κ3) is 4.64. The highest BCUT2D eigenvalue weighted by molar-refractivity contribution is 6.30. The third-order valence-electron chi connectivity index (χ3n) is 3.34. The molecular weight excluding hydrogens is 284 g/mol. The van der Waals surface area contributed by atoms with Crippen LogP contribution in [0.3, 0.4) is 0 Å². The fraction of sp³-hybridized carbons (Fsp3) is 0.353. The lowest BCUT2D eigenvalue weighted by Gasteiger charge is -2.35. The van der Waals surface area contributed by atoms with Gasteiger partial charge in [-0.2, -0.15) is 0 Å². The SMILES string of the molecule is CC(C)(C)N1C=CC(NC(=O)Cc2cccc(Cl)c2)=CC1. The Morgan fingerprint density at radius 1 is 1.38 bits per heavy atom. The molecule has 2 rings (SSSR count). The monoisotopic (exact) mass is 304 g/mol. The molecule has 112 valence electrons. The zero-order valence-corrected chi connectivity index (χ0v) is 13.4. The van der Waals surface area contributed by atoms with Crippen molar-refractivity contribution in [2.75, 3.05) is 6.54 Å². The van der Waals surface area contributed by atoms with E-state index in [4.69, 9.17) is 11.6 Å². The number of rotatable bonds is 3. The first kappa shape index (κ1) is 15.6. The maximum Gasteiger partial charge on any atom is 0.228 e. The van der Waals surface area contributed by atoms with Crippen molar-refractivity contribution in [1.29, 1.82) is 0 Å². The summed E-state index contributed by atoms with van der Waals surface area (Å²) < 4.78 is 0. The Morgan fingerprint density at radius 2 is 2.14 bits per heavy atom. The van der Waals surface area contributed by atoms with E-state index >= 15 is 0 Å². The van der Waals surface area contributed by atoms with Crippen LogP contribution >= 0.6 is 11.6 Å². The zero-order valence-electron chi connectivity index (χ0n) is 12.7. The average Bonchev–Trinajstić information content (AvgIpc) is 2.38. The molecule has 1 aromatic rings. The van der Waals surface area contributed by atoms with Crippen molar-refractivity contribution in [2.45, 2.75) is 32.7 Å². The molecule has 4 heteroatoms. The van der Waals surface area contributed by atoms with E-state index in [9.17, 15) is 4.79 Å². The van der Waals surface area contributed by atoms with Gasteiger partial charge in [-0.1, -0.05) is 23.7 Å². The van der Waals surface area contributed by atoms with Crippen molar-refractivity contribution in [3.05, 3.63) is 58.9 Å². The Hall–Kier alpha value is -1.74. The number of carbonyl (C=O) groups is 1. The highest BCUT2D eigenvalue weighted by Crippen LogP contribution is 2.17. The van der Waals surface area contributed by atoms with E-state index in [0.717, 1.165) is 17.8 Å². The van der Waals surface area contributed by atoms with Gasteiger partial charge in [0.25, 0.3) is 0 Å². The number of carbonyl (C=O) groups excluding carboxylic acids is 1. The maximum absolute atomic E-state index is 12.0. The molecule has 0 saturated carbocycles. The first-order valence-corrected chi connectivity index (χ1v) is 7.42. The molecule has 1 aliphatic heterocycles. The third-order valence-corrected chi connectivity index (χ3v) is 3.58. The zero-order chi connectivity index (χ0) is 15.5. The lowest BCUT2D eigenvalue weighted by molar-refractivity contribution is -0.119. The lowest BCUT2D eigenvalue weighted by atomic mass is 10.1.